The molecule has 2 N–H and O–H groups in total. The van der Waals surface area contributed by atoms with E-state index in [1.807, 2.05) is 0 Å². The Hall–Kier alpha value is -0.0400. The van der Waals surface area contributed by atoms with E-state index in [0.717, 1.165) is 23.7 Å². The molecule has 5 atom stereocenters. The molecule has 0 spiro atoms. The third kappa shape index (κ3) is 0.834. The first-order valence-electron chi connectivity index (χ1n) is 5.62. The Morgan fingerprint density at radius 2 is 1.58 bits per heavy atom. The molecule has 3 aliphatic rings. The van der Waals surface area contributed by atoms with Gasteiger partial charge in [-0.25, -0.2) is 0 Å². The van der Waals surface area contributed by atoms with Gasteiger partial charge in [0.05, 0.1) is 0 Å². The van der Waals surface area contributed by atoms with Crippen molar-refractivity contribution >= 4 is 0 Å². The molecule has 0 aromatic rings. The highest BCUT2D eigenvalue weighted by molar-refractivity contribution is 5.03. The molecule has 0 saturated heterocycles. The van der Waals surface area contributed by atoms with Crippen LogP contribution in [-0.2, 0) is 0 Å². The van der Waals surface area contributed by atoms with Gasteiger partial charge in [-0.15, -0.1) is 0 Å². The maximum atomic E-state index is 6.13. The van der Waals surface area contributed by atoms with Crippen molar-refractivity contribution in [2.45, 2.75) is 44.6 Å². The molecular formula is C11H19N. The van der Waals surface area contributed by atoms with Crippen molar-refractivity contribution < 1.29 is 0 Å². The van der Waals surface area contributed by atoms with Gasteiger partial charge in [-0.05, 0) is 49.4 Å². The summed E-state index contributed by atoms with van der Waals surface area (Å²) in [6, 6.07) is 0.578. The van der Waals surface area contributed by atoms with Crippen LogP contribution in [0.3, 0.4) is 0 Å². The second-order valence-corrected chi connectivity index (χ2v) is 5.17. The first-order valence-corrected chi connectivity index (χ1v) is 5.62. The summed E-state index contributed by atoms with van der Waals surface area (Å²) >= 11 is 0. The monoisotopic (exact) mass is 165 g/mol. The summed E-state index contributed by atoms with van der Waals surface area (Å²) < 4.78 is 0. The van der Waals surface area contributed by atoms with Crippen LogP contribution in [0.1, 0.15) is 38.5 Å². The molecule has 3 aliphatic carbocycles. The van der Waals surface area contributed by atoms with Crippen LogP contribution in [0.15, 0.2) is 0 Å². The van der Waals surface area contributed by atoms with Crippen molar-refractivity contribution in [2.75, 3.05) is 0 Å². The molecule has 1 nitrogen and oxygen atoms in total. The molecule has 0 heterocycles. The van der Waals surface area contributed by atoms with Crippen molar-refractivity contribution in [1.82, 2.24) is 0 Å². The molecule has 3 saturated carbocycles. The summed E-state index contributed by atoms with van der Waals surface area (Å²) in [5.74, 6) is 4.12. The van der Waals surface area contributed by atoms with Crippen LogP contribution in [0.2, 0.25) is 0 Å². The van der Waals surface area contributed by atoms with Crippen molar-refractivity contribution in [2.24, 2.45) is 29.4 Å². The van der Waals surface area contributed by atoms with Crippen LogP contribution in [0.5, 0.6) is 0 Å². The van der Waals surface area contributed by atoms with Crippen LogP contribution < -0.4 is 5.73 Å². The Morgan fingerprint density at radius 1 is 0.833 bits per heavy atom. The summed E-state index contributed by atoms with van der Waals surface area (Å²) in [5, 5.41) is 0. The van der Waals surface area contributed by atoms with Crippen molar-refractivity contribution in [1.29, 1.82) is 0 Å². The smallest absolute Gasteiger partial charge is 0.00727 e. The van der Waals surface area contributed by atoms with Crippen LogP contribution in [0.4, 0.5) is 0 Å². The van der Waals surface area contributed by atoms with Crippen molar-refractivity contribution in [3.8, 4) is 0 Å². The van der Waals surface area contributed by atoms with Gasteiger partial charge in [-0.1, -0.05) is 12.8 Å². The third-order valence-electron chi connectivity index (χ3n) is 4.73. The first-order chi connectivity index (χ1) is 5.86. The molecule has 3 rings (SSSR count). The van der Waals surface area contributed by atoms with E-state index in [-0.39, 0.29) is 0 Å². The van der Waals surface area contributed by atoms with E-state index < -0.39 is 0 Å². The van der Waals surface area contributed by atoms with Crippen molar-refractivity contribution in [3.05, 3.63) is 0 Å². The van der Waals surface area contributed by atoms with E-state index in [4.69, 9.17) is 5.73 Å². The number of fused-ring (bicyclic) bond motifs is 5. The van der Waals surface area contributed by atoms with E-state index in [1.165, 1.54) is 38.5 Å². The van der Waals surface area contributed by atoms with Gasteiger partial charge in [0, 0.05) is 6.04 Å². The highest BCUT2D eigenvalue weighted by Gasteiger charge is 2.51. The van der Waals surface area contributed by atoms with E-state index >= 15 is 0 Å². The predicted octanol–water partition coefficient (Wildman–Crippen LogP) is 2.16. The van der Waals surface area contributed by atoms with Gasteiger partial charge in [-0.3, -0.25) is 0 Å². The number of hydrogen-bond acceptors (Lipinski definition) is 1. The molecule has 0 aliphatic heterocycles. The molecule has 68 valence electrons. The molecule has 3 fully saturated rings. The molecule has 0 radical (unpaired) electrons. The molecule has 12 heavy (non-hydrogen) atoms. The molecule has 0 aromatic carbocycles. The Labute approximate surface area is 74.7 Å². The molecule has 2 bridgehead atoms. The standard InChI is InChI=1S/C11H19N/c12-11-6-7-5-10(11)9-4-2-1-3-8(7)9/h7-11H,1-6,12H2. The van der Waals surface area contributed by atoms with Crippen LogP contribution in [0, 0.1) is 23.7 Å². The molecule has 5 unspecified atom stereocenters. The van der Waals surface area contributed by atoms with E-state index in [2.05, 4.69) is 0 Å². The Morgan fingerprint density at radius 3 is 2.42 bits per heavy atom. The fourth-order valence-electron chi connectivity index (χ4n) is 4.29. The minimum Gasteiger partial charge on any atom is -0.327 e. The number of hydrogen-bond donors (Lipinski definition) is 1. The number of nitrogens with two attached hydrogens (primary N) is 1. The van der Waals surface area contributed by atoms with Gasteiger partial charge in [-0.2, -0.15) is 0 Å². The predicted molar refractivity (Wildman–Crippen MR) is 49.6 cm³/mol. The highest BCUT2D eigenvalue weighted by Crippen LogP contribution is 2.56. The number of rotatable bonds is 0. The van der Waals surface area contributed by atoms with E-state index in [9.17, 15) is 0 Å². The first kappa shape index (κ1) is 7.37. The summed E-state index contributed by atoms with van der Waals surface area (Å²) in [5.41, 5.74) is 6.13. The SMILES string of the molecule is NC1CC2CC1C1CCCCC21. The largest absolute Gasteiger partial charge is 0.327 e. The lowest BCUT2D eigenvalue weighted by Crippen LogP contribution is -2.38. The Bertz CT molecular complexity index is 187. The summed E-state index contributed by atoms with van der Waals surface area (Å²) in [4.78, 5) is 0. The minimum absolute atomic E-state index is 0.578. The van der Waals surface area contributed by atoms with Crippen LogP contribution in [-0.4, -0.2) is 6.04 Å². The lowest BCUT2D eigenvalue weighted by atomic mass is 9.70. The van der Waals surface area contributed by atoms with Gasteiger partial charge in [0.15, 0.2) is 0 Å². The average Bonchev–Trinajstić information content (AvgIpc) is 2.62. The second kappa shape index (κ2) is 2.47. The molecule has 1 heteroatoms. The van der Waals surface area contributed by atoms with E-state index in [1.54, 1.807) is 0 Å². The zero-order valence-electron chi connectivity index (χ0n) is 7.71. The minimum atomic E-state index is 0.578. The zero-order valence-corrected chi connectivity index (χ0v) is 7.71. The maximum absolute atomic E-state index is 6.13. The summed E-state index contributed by atoms with van der Waals surface area (Å²) in [6.45, 7) is 0. The summed E-state index contributed by atoms with van der Waals surface area (Å²) in [7, 11) is 0. The maximum Gasteiger partial charge on any atom is 0.00727 e. The van der Waals surface area contributed by atoms with Gasteiger partial charge in [0.25, 0.3) is 0 Å². The second-order valence-electron chi connectivity index (χ2n) is 5.17. The van der Waals surface area contributed by atoms with Crippen LogP contribution in [0.25, 0.3) is 0 Å². The normalized spacial score (nSPS) is 57.2. The van der Waals surface area contributed by atoms with Crippen molar-refractivity contribution in [3.63, 3.8) is 0 Å². The quantitative estimate of drug-likeness (QED) is 0.585. The van der Waals surface area contributed by atoms with Gasteiger partial charge in [0.1, 0.15) is 0 Å². The summed E-state index contributed by atoms with van der Waals surface area (Å²) in [6.07, 6.45) is 8.84. The average molecular weight is 165 g/mol. The Balaban J connectivity index is 1.84. The van der Waals surface area contributed by atoms with Gasteiger partial charge >= 0.3 is 0 Å². The van der Waals surface area contributed by atoms with Gasteiger partial charge in [0.2, 0.25) is 0 Å². The van der Waals surface area contributed by atoms with E-state index in [0.29, 0.717) is 6.04 Å². The lowest BCUT2D eigenvalue weighted by molar-refractivity contribution is 0.143. The molecular weight excluding hydrogens is 146 g/mol. The molecule has 0 amide bonds. The zero-order chi connectivity index (χ0) is 8.13. The Kier molecular flexibility index (Phi) is 1.52. The lowest BCUT2D eigenvalue weighted by Gasteiger charge is -2.37. The third-order valence-corrected chi connectivity index (χ3v) is 4.73. The fourth-order valence-corrected chi connectivity index (χ4v) is 4.29. The highest BCUT2D eigenvalue weighted by atomic mass is 14.7. The molecule has 0 aromatic heterocycles. The topological polar surface area (TPSA) is 26.0 Å². The van der Waals surface area contributed by atoms with Gasteiger partial charge < -0.3 is 5.73 Å². The van der Waals surface area contributed by atoms with Crippen LogP contribution >= 0.6 is 0 Å². The fraction of sp³-hybridized carbons (Fsp3) is 1.00.